The summed E-state index contributed by atoms with van der Waals surface area (Å²) < 4.78 is 25.7. The van der Waals surface area contributed by atoms with E-state index in [1.165, 1.54) is 6.42 Å². The fraction of sp³-hybridized carbons (Fsp3) is 0.720. The van der Waals surface area contributed by atoms with Crippen molar-refractivity contribution in [3.05, 3.63) is 35.6 Å². The van der Waals surface area contributed by atoms with Gasteiger partial charge in [0.15, 0.2) is 5.96 Å². The summed E-state index contributed by atoms with van der Waals surface area (Å²) in [7, 11) is 1.87. The molecule has 0 amide bonds. The van der Waals surface area contributed by atoms with Gasteiger partial charge in [-0.3, -0.25) is 9.89 Å². The first-order chi connectivity index (χ1) is 15.7. The molecule has 0 aliphatic carbocycles. The maximum absolute atomic E-state index is 13.9. The number of likely N-dealkylation sites (tertiary alicyclic amines) is 2. The summed E-state index contributed by atoms with van der Waals surface area (Å²) in [5, 5.41) is 3.61. The molecule has 1 N–H and O–H groups in total. The number of guanidine groups is 1. The molecule has 1 unspecified atom stereocenters. The number of hydrogen-bond donors (Lipinski definition) is 1. The minimum absolute atomic E-state index is 0.0962. The topological polar surface area (TPSA) is 49.3 Å². The zero-order valence-corrected chi connectivity index (χ0v) is 19.5. The number of nitrogens with zero attached hydrogens (tertiary/aromatic N) is 3. The summed E-state index contributed by atoms with van der Waals surface area (Å²) in [4.78, 5) is 9.26. The Morgan fingerprint density at radius 1 is 1.12 bits per heavy atom. The number of halogens is 1. The fourth-order valence-electron chi connectivity index (χ4n) is 5.04. The van der Waals surface area contributed by atoms with E-state index in [1.807, 2.05) is 19.2 Å². The van der Waals surface area contributed by atoms with Crippen molar-refractivity contribution in [2.75, 3.05) is 53.0 Å². The summed E-state index contributed by atoms with van der Waals surface area (Å²) in [6.07, 6.45) is 7.31. The van der Waals surface area contributed by atoms with Gasteiger partial charge in [-0.05, 0) is 63.6 Å². The highest BCUT2D eigenvalue weighted by molar-refractivity contribution is 5.79. The summed E-state index contributed by atoms with van der Waals surface area (Å²) >= 11 is 0. The number of ether oxygens (including phenoxy) is 2. The number of piperidine rings is 2. The van der Waals surface area contributed by atoms with Crippen molar-refractivity contribution in [2.45, 2.75) is 57.3 Å². The van der Waals surface area contributed by atoms with Gasteiger partial charge in [0.2, 0.25) is 0 Å². The van der Waals surface area contributed by atoms with E-state index in [0.717, 1.165) is 89.6 Å². The molecule has 6 nitrogen and oxygen atoms in total. The molecule has 4 rings (SSSR count). The average molecular weight is 447 g/mol. The molecule has 3 saturated heterocycles. The van der Waals surface area contributed by atoms with Crippen molar-refractivity contribution in [3.63, 3.8) is 0 Å². The fourth-order valence-corrected chi connectivity index (χ4v) is 5.04. The third-order valence-electron chi connectivity index (χ3n) is 7.10. The Kier molecular flexibility index (Phi) is 8.77. The van der Waals surface area contributed by atoms with Crippen LogP contribution in [0.15, 0.2) is 29.3 Å². The number of aliphatic imine (C=N–C) groups is 1. The van der Waals surface area contributed by atoms with Crippen LogP contribution in [0.4, 0.5) is 4.39 Å². The highest BCUT2D eigenvalue weighted by Crippen LogP contribution is 2.21. The van der Waals surface area contributed by atoms with E-state index >= 15 is 0 Å². The Balaban J connectivity index is 1.13. The molecule has 3 heterocycles. The lowest BCUT2D eigenvalue weighted by molar-refractivity contribution is -0.0367. The second-order valence-corrected chi connectivity index (χ2v) is 9.39. The Hall–Kier alpha value is -1.70. The summed E-state index contributed by atoms with van der Waals surface area (Å²) in [5.74, 6) is 1.55. The van der Waals surface area contributed by atoms with Crippen LogP contribution in [0.25, 0.3) is 0 Å². The predicted molar refractivity (Wildman–Crippen MR) is 125 cm³/mol. The minimum Gasteiger partial charge on any atom is -0.376 e. The molecule has 0 saturated carbocycles. The van der Waals surface area contributed by atoms with Crippen molar-refractivity contribution < 1.29 is 13.9 Å². The van der Waals surface area contributed by atoms with E-state index in [0.29, 0.717) is 24.7 Å². The molecule has 32 heavy (non-hydrogen) atoms. The van der Waals surface area contributed by atoms with Gasteiger partial charge in [0.1, 0.15) is 5.82 Å². The minimum atomic E-state index is -0.0962. The molecule has 1 aromatic rings. The highest BCUT2D eigenvalue weighted by Gasteiger charge is 2.25. The van der Waals surface area contributed by atoms with Crippen LogP contribution < -0.4 is 5.32 Å². The molecule has 178 valence electrons. The van der Waals surface area contributed by atoms with Crippen LogP contribution >= 0.6 is 0 Å². The average Bonchev–Trinajstić information content (AvgIpc) is 3.35. The molecule has 3 aliphatic heterocycles. The van der Waals surface area contributed by atoms with Crippen molar-refractivity contribution in [3.8, 4) is 0 Å². The molecular formula is C25H39FN4O2. The first kappa shape index (κ1) is 23.5. The maximum Gasteiger partial charge on any atom is 0.193 e. The molecule has 0 aromatic heterocycles. The lowest BCUT2D eigenvalue weighted by Crippen LogP contribution is -2.48. The van der Waals surface area contributed by atoms with E-state index < -0.39 is 0 Å². The van der Waals surface area contributed by atoms with Crippen molar-refractivity contribution >= 4 is 5.96 Å². The molecule has 1 aromatic carbocycles. The second kappa shape index (κ2) is 12.0. The van der Waals surface area contributed by atoms with Gasteiger partial charge in [-0.1, -0.05) is 18.2 Å². The van der Waals surface area contributed by atoms with Crippen molar-refractivity contribution in [1.82, 2.24) is 15.1 Å². The number of hydrogen-bond acceptors (Lipinski definition) is 4. The highest BCUT2D eigenvalue weighted by atomic mass is 19.1. The molecule has 0 bridgehead atoms. The van der Waals surface area contributed by atoms with Crippen LogP contribution in [-0.4, -0.2) is 81.0 Å². The van der Waals surface area contributed by atoms with Gasteiger partial charge in [-0.25, -0.2) is 4.39 Å². The Bertz CT molecular complexity index is 724. The monoisotopic (exact) mass is 446 g/mol. The van der Waals surface area contributed by atoms with Crippen molar-refractivity contribution in [1.29, 1.82) is 0 Å². The van der Waals surface area contributed by atoms with E-state index in [9.17, 15) is 4.39 Å². The molecular weight excluding hydrogens is 407 g/mol. The van der Waals surface area contributed by atoms with Crippen LogP contribution in [-0.2, 0) is 16.0 Å². The van der Waals surface area contributed by atoms with Gasteiger partial charge in [0.25, 0.3) is 0 Å². The molecule has 0 radical (unpaired) electrons. The van der Waals surface area contributed by atoms with Gasteiger partial charge in [0.05, 0.1) is 18.8 Å². The third-order valence-corrected chi connectivity index (χ3v) is 7.10. The molecule has 3 aliphatic rings. The first-order valence-electron chi connectivity index (χ1n) is 12.4. The van der Waals surface area contributed by atoms with Gasteiger partial charge in [0, 0.05) is 45.4 Å². The number of benzene rings is 1. The first-order valence-corrected chi connectivity index (χ1v) is 12.4. The zero-order chi connectivity index (χ0) is 22.2. The third kappa shape index (κ3) is 6.65. The van der Waals surface area contributed by atoms with Crippen LogP contribution in [0, 0.1) is 11.7 Å². The Morgan fingerprint density at radius 2 is 1.91 bits per heavy atom. The van der Waals surface area contributed by atoms with E-state index in [-0.39, 0.29) is 5.82 Å². The van der Waals surface area contributed by atoms with Crippen LogP contribution in [0.2, 0.25) is 0 Å². The summed E-state index contributed by atoms with van der Waals surface area (Å²) in [6, 6.07) is 7.12. The smallest absolute Gasteiger partial charge is 0.193 e. The maximum atomic E-state index is 13.9. The Labute approximate surface area is 192 Å². The van der Waals surface area contributed by atoms with Gasteiger partial charge >= 0.3 is 0 Å². The second-order valence-electron chi connectivity index (χ2n) is 9.39. The predicted octanol–water partition coefficient (Wildman–Crippen LogP) is 3.27. The molecule has 7 heteroatoms. The van der Waals surface area contributed by atoms with Gasteiger partial charge in [-0.2, -0.15) is 0 Å². The number of nitrogens with one attached hydrogen (secondary N) is 1. The van der Waals surface area contributed by atoms with Crippen LogP contribution in [0.1, 0.15) is 44.1 Å². The normalized spacial score (nSPS) is 24.2. The van der Waals surface area contributed by atoms with Crippen LogP contribution in [0.5, 0.6) is 0 Å². The quantitative estimate of drug-likeness (QED) is 0.515. The van der Waals surface area contributed by atoms with E-state index in [2.05, 4.69) is 20.1 Å². The largest absolute Gasteiger partial charge is 0.376 e. The zero-order valence-electron chi connectivity index (χ0n) is 19.5. The standard InChI is InChI=1S/C25H39FN4O2/c1-27-25(30-14-10-22(11-15-30)32-19-23-6-4-16-31-23)28-17-20-8-12-29(13-9-20)18-21-5-2-3-7-24(21)26/h2-3,5,7,20,22-23H,4,6,8-19H2,1H3,(H,27,28). The van der Waals surface area contributed by atoms with Crippen molar-refractivity contribution in [2.24, 2.45) is 10.9 Å². The van der Waals surface area contributed by atoms with E-state index in [1.54, 1.807) is 12.1 Å². The van der Waals surface area contributed by atoms with E-state index in [4.69, 9.17) is 9.47 Å². The van der Waals surface area contributed by atoms with Gasteiger partial charge in [-0.15, -0.1) is 0 Å². The summed E-state index contributed by atoms with van der Waals surface area (Å²) in [5.41, 5.74) is 0.799. The molecule has 3 fully saturated rings. The van der Waals surface area contributed by atoms with Crippen LogP contribution in [0.3, 0.4) is 0 Å². The van der Waals surface area contributed by atoms with Gasteiger partial charge < -0.3 is 19.7 Å². The lowest BCUT2D eigenvalue weighted by Gasteiger charge is -2.36. The lowest BCUT2D eigenvalue weighted by atomic mass is 9.96. The summed E-state index contributed by atoms with van der Waals surface area (Å²) in [6.45, 7) is 7.30. The molecule has 0 spiro atoms. The molecule has 1 atom stereocenters. The SMILES string of the molecule is CN=C(NCC1CCN(Cc2ccccc2F)CC1)N1CCC(OCC2CCCO2)CC1. The Morgan fingerprint density at radius 3 is 2.59 bits per heavy atom. The number of rotatable bonds is 7.